The van der Waals surface area contributed by atoms with Gasteiger partial charge < -0.3 is 10.1 Å². The molecule has 0 saturated carbocycles. The summed E-state index contributed by atoms with van der Waals surface area (Å²) in [6, 6.07) is 16.1. The number of nitrogens with zero attached hydrogens (tertiary/aromatic N) is 1. The minimum absolute atomic E-state index is 0.101. The van der Waals surface area contributed by atoms with E-state index in [1.165, 1.54) is 12.1 Å². The van der Waals surface area contributed by atoms with Crippen molar-refractivity contribution in [2.45, 2.75) is 18.4 Å². The zero-order valence-corrected chi connectivity index (χ0v) is 18.1. The zero-order chi connectivity index (χ0) is 23.1. The van der Waals surface area contributed by atoms with Crippen LogP contribution in [0.15, 0.2) is 77.7 Å². The molecule has 1 amide bonds. The number of ether oxygens (including phenoxy) is 1. The van der Waals surface area contributed by atoms with E-state index in [0.717, 1.165) is 46.3 Å². The number of hydrogen-bond donors (Lipinski definition) is 1. The summed E-state index contributed by atoms with van der Waals surface area (Å²) in [6.07, 6.45) is 0. The summed E-state index contributed by atoms with van der Waals surface area (Å²) in [6.45, 7) is 1.98. The normalized spacial score (nSPS) is 11.1. The van der Waals surface area contributed by atoms with E-state index in [2.05, 4.69) is 5.32 Å². The Morgan fingerprint density at radius 2 is 1.59 bits per heavy atom. The fraction of sp³-hybridized carbons (Fsp3) is 0.174. The molecule has 3 aromatic carbocycles. The van der Waals surface area contributed by atoms with E-state index in [-0.39, 0.29) is 17.1 Å². The Labute approximate surface area is 185 Å². The summed E-state index contributed by atoms with van der Waals surface area (Å²) in [4.78, 5) is 12.4. The maximum Gasteiger partial charge on any atom is 0.264 e. The molecule has 0 bridgehead atoms. The van der Waals surface area contributed by atoms with Crippen LogP contribution in [-0.4, -0.2) is 27.5 Å². The molecule has 0 aliphatic heterocycles. The molecular weight excluding hydrogens is 438 g/mol. The molecule has 0 atom stereocenters. The molecule has 168 valence electrons. The quantitative estimate of drug-likeness (QED) is 0.526. The number of anilines is 1. The van der Waals surface area contributed by atoms with Gasteiger partial charge in [-0.1, -0.05) is 12.1 Å². The van der Waals surface area contributed by atoms with E-state index in [1.54, 1.807) is 24.3 Å². The average Bonchev–Trinajstić information content (AvgIpc) is 2.77. The van der Waals surface area contributed by atoms with Crippen molar-refractivity contribution in [3.63, 3.8) is 0 Å². The van der Waals surface area contributed by atoms with Gasteiger partial charge in [-0.3, -0.25) is 9.10 Å². The second-order valence-corrected chi connectivity index (χ2v) is 8.66. The van der Waals surface area contributed by atoms with Gasteiger partial charge >= 0.3 is 0 Å². The molecule has 9 heteroatoms. The number of rotatable bonds is 9. The molecule has 0 spiro atoms. The van der Waals surface area contributed by atoms with Crippen molar-refractivity contribution >= 4 is 21.6 Å². The molecule has 0 heterocycles. The highest BCUT2D eigenvalue weighted by molar-refractivity contribution is 7.92. The van der Waals surface area contributed by atoms with Crippen molar-refractivity contribution in [3.8, 4) is 5.75 Å². The van der Waals surface area contributed by atoms with Gasteiger partial charge in [0.1, 0.15) is 23.9 Å². The fourth-order valence-electron chi connectivity index (χ4n) is 2.96. The molecule has 0 aliphatic rings. The van der Waals surface area contributed by atoms with Gasteiger partial charge in [-0.15, -0.1) is 0 Å². The molecule has 6 nitrogen and oxygen atoms in total. The molecular formula is C23H22F2N2O4S. The zero-order valence-electron chi connectivity index (χ0n) is 17.3. The summed E-state index contributed by atoms with van der Waals surface area (Å²) >= 11 is 0. The first-order valence-corrected chi connectivity index (χ1v) is 11.3. The van der Waals surface area contributed by atoms with E-state index in [1.807, 2.05) is 6.92 Å². The number of halogens is 2. The second kappa shape index (κ2) is 10.2. The molecule has 0 fully saturated rings. The summed E-state index contributed by atoms with van der Waals surface area (Å²) in [5.41, 5.74) is 0.878. The van der Waals surface area contributed by atoms with Crippen LogP contribution in [0.2, 0.25) is 0 Å². The number of carbonyl (C=O) groups is 1. The largest absolute Gasteiger partial charge is 0.494 e. The third kappa shape index (κ3) is 5.82. The summed E-state index contributed by atoms with van der Waals surface area (Å²) in [7, 11) is -4.21. The van der Waals surface area contributed by atoms with Crippen molar-refractivity contribution < 1.29 is 26.7 Å². The van der Waals surface area contributed by atoms with Gasteiger partial charge in [0.15, 0.2) is 0 Å². The third-order valence-corrected chi connectivity index (χ3v) is 6.29. The highest BCUT2D eigenvalue weighted by atomic mass is 32.2. The lowest BCUT2D eigenvalue weighted by Crippen LogP contribution is -2.40. The topological polar surface area (TPSA) is 75.7 Å². The Kier molecular flexibility index (Phi) is 7.42. The SMILES string of the molecule is CCOc1cccc(CNC(=O)CN(c2ccc(F)cc2)S(=O)(=O)c2ccc(F)cc2)c1. The number of sulfonamides is 1. The third-order valence-electron chi connectivity index (χ3n) is 4.50. The van der Waals surface area contributed by atoms with Crippen LogP contribution >= 0.6 is 0 Å². The number of nitrogens with one attached hydrogen (secondary N) is 1. The van der Waals surface area contributed by atoms with Crippen LogP contribution in [0.4, 0.5) is 14.5 Å². The Morgan fingerprint density at radius 3 is 2.22 bits per heavy atom. The Hall–Kier alpha value is -3.46. The number of hydrogen-bond acceptors (Lipinski definition) is 4. The van der Waals surface area contributed by atoms with Crippen LogP contribution < -0.4 is 14.4 Å². The number of carbonyl (C=O) groups excluding carboxylic acids is 1. The number of benzene rings is 3. The van der Waals surface area contributed by atoms with Crippen LogP contribution in [0.3, 0.4) is 0 Å². The van der Waals surface area contributed by atoms with Crippen molar-refractivity contribution in [2.75, 3.05) is 17.5 Å². The first kappa shape index (κ1) is 23.2. The van der Waals surface area contributed by atoms with Crippen LogP contribution in [0, 0.1) is 11.6 Å². The highest BCUT2D eigenvalue weighted by Gasteiger charge is 2.27. The number of amides is 1. The van der Waals surface area contributed by atoms with Crippen molar-refractivity contribution in [1.29, 1.82) is 0 Å². The molecule has 3 rings (SSSR count). The second-order valence-electron chi connectivity index (χ2n) is 6.80. The van der Waals surface area contributed by atoms with E-state index in [0.29, 0.717) is 12.4 Å². The smallest absolute Gasteiger partial charge is 0.264 e. The van der Waals surface area contributed by atoms with Crippen LogP contribution in [0.5, 0.6) is 5.75 Å². The maximum absolute atomic E-state index is 13.4. The minimum Gasteiger partial charge on any atom is -0.494 e. The van der Waals surface area contributed by atoms with Gasteiger partial charge in [0.2, 0.25) is 5.91 Å². The Bertz CT molecular complexity index is 1170. The molecule has 0 saturated heterocycles. The van der Waals surface area contributed by atoms with Gasteiger partial charge in [-0.2, -0.15) is 0 Å². The van der Waals surface area contributed by atoms with Gasteiger partial charge in [-0.05, 0) is 73.2 Å². The standard InChI is InChI=1S/C23H22F2N2O4S/c1-2-31-21-5-3-4-17(14-21)15-26-23(28)16-27(20-10-6-18(24)7-11-20)32(29,30)22-12-8-19(25)9-13-22/h3-14H,2,15-16H2,1H3,(H,26,28). The molecule has 0 aliphatic carbocycles. The van der Waals surface area contributed by atoms with Crippen LogP contribution in [-0.2, 0) is 21.4 Å². The van der Waals surface area contributed by atoms with E-state index in [9.17, 15) is 22.0 Å². The maximum atomic E-state index is 13.4. The van der Waals surface area contributed by atoms with E-state index < -0.39 is 34.1 Å². The van der Waals surface area contributed by atoms with Gasteiger partial charge in [0, 0.05) is 6.54 Å². The average molecular weight is 461 g/mol. The van der Waals surface area contributed by atoms with Crippen molar-refractivity contribution in [3.05, 3.63) is 90.0 Å². The fourth-order valence-corrected chi connectivity index (χ4v) is 4.38. The predicted octanol–water partition coefficient (Wildman–Crippen LogP) is 3.88. The Balaban J connectivity index is 1.81. The van der Waals surface area contributed by atoms with Gasteiger partial charge in [0.25, 0.3) is 10.0 Å². The molecule has 3 aromatic rings. The summed E-state index contributed by atoms with van der Waals surface area (Å²) < 4.78 is 59.3. The summed E-state index contributed by atoms with van der Waals surface area (Å²) in [5.74, 6) is -1.05. The molecule has 0 radical (unpaired) electrons. The molecule has 0 aromatic heterocycles. The lowest BCUT2D eigenvalue weighted by Gasteiger charge is -2.24. The molecule has 0 unspecified atom stereocenters. The summed E-state index contributed by atoms with van der Waals surface area (Å²) in [5, 5.41) is 2.68. The molecule has 32 heavy (non-hydrogen) atoms. The van der Waals surface area contributed by atoms with Crippen molar-refractivity contribution in [1.82, 2.24) is 5.32 Å². The lowest BCUT2D eigenvalue weighted by molar-refractivity contribution is -0.119. The van der Waals surface area contributed by atoms with Crippen LogP contribution in [0.25, 0.3) is 0 Å². The lowest BCUT2D eigenvalue weighted by atomic mass is 10.2. The van der Waals surface area contributed by atoms with Gasteiger partial charge in [-0.25, -0.2) is 17.2 Å². The first-order chi connectivity index (χ1) is 15.3. The van der Waals surface area contributed by atoms with Gasteiger partial charge in [0.05, 0.1) is 17.2 Å². The Morgan fingerprint density at radius 1 is 0.969 bits per heavy atom. The minimum atomic E-state index is -4.21. The monoisotopic (exact) mass is 460 g/mol. The molecule has 1 N–H and O–H groups in total. The van der Waals surface area contributed by atoms with Crippen LogP contribution in [0.1, 0.15) is 12.5 Å². The first-order valence-electron chi connectivity index (χ1n) is 9.82. The predicted molar refractivity (Wildman–Crippen MR) is 117 cm³/mol. The highest BCUT2D eigenvalue weighted by Crippen LogP contribution is 2.24. The van der Waals surface area contributed by atoms with E-state index in [4.69, 9.17) is 4.74 Å². The van der Waals surface area contributed by atoms with E-state index >= 15 is 0 Å². The van der Waals surface area contributed by atoms with Crippen molar-refractivity contribution in [2.24, 2.45) is 0 Å².